The molecule has 0 saturated carbocycles. The number of hydrogen-bond acceptors (Lipinski definition) is 6. The Hall–Kier alpha value is -3.43. The molecule has 2 atom stereocenters. The molecule has 0 fully saturated rings. The third-order valence-electron chi connectivity index (χ3n) is 5.52. The standard InChI is InChI=1S/C24H29N3O6/c1-27(2)13-20(22(28)25-12-21(32-3)23(29)30)26-24(31)33-14-19-17-10-6-4-8-15(17)16-9-5-7-11-18(16)19/h4-11,19-21H,12-14H2,1-3H3,(H,25,28)(H,26,31)(H,29,30). The van der Waals surface area contributed by atoms with Crippen LogP contribution in [0.25, 0.3) is 11.1 Å². The first kappa shape index (κ1) is 24.2. The minimum Gasteiger partial charge on any atom is -0.479 e. The van der Waals surface area contributed by atoms with Crippen molar-refractivity contribution in [2.24, 2.45) is 0 Å². The predicted octanol–water partition coefficient (Wildman–Crippen LogP) is 1.67. The van der Waals surface area contributed by atoms with Crippen molar-refractivity contribution in [1.29, 1.82) is 0 Å². The summed E-state index contributed by atoms with van der Waals surface area (Å²) in [7, 11) is 4.76. The minimum absolute atomic E-state index is 0.0951. The van der Waals surface area contributed by atoms with Crippen LogP contribution in [-0.4, -0.2) is 81.0 Å². The highest BCUT2D eigenvalue weighted by molar-refractivity contribution is 5.86. The van der Waals surface area contributed by atoms with Crippen molar-refractivity contribution < 1.29 is 29.0 Å². The molecule has 2 aromatic rings. The van der Waals surface area contributed by atoms with Crippen molar-refractivity contribution >= 4 is 18.0 Å². The van der Waals surface area contributed by atoms with Gasteiger partial charge in [0.15, 0.2) is 6.10 Å². The number of hydrogen-bond donors (Lipinski definition) is 3. The summed E-state index contributed by atoms with van der Waals surface area (Å²) in [6, 6.07) is 15.1. The number of benzene rings is 2. The molecular weight excluding hydrogens is 426 g/mol. The van der Waals surface area contributed by atoms with E-state index < -0.39 is 30.1 Å². The monoisotopic (exact) mass is 455 g/mol. The molecule has 1 aliphatic carbocycles. The zero-order valence-electron chi connectivity index (χ0n) is 18.9. The van der Waals surface area contributed by atoms with Gasteiger partial charge in [-0.05, 0) is 36.3 Å². The fourth-order valence-corrected chi connectivity index (χ4v) is 3.93. The van der Waals surface area contributed by atoms with Gasteiger partial charge in [-0.3, -0.25) is 4.79 Å². The summed E-state index contributed by atoms with van der Waals surface area (Å²) in [5.41, 5.74) is 4.43. The lowest BCUT2D eigenvalue weighted by Gasteiger charge is -2.23. The summed E-state index contributed by atoms with van der Waals surface area (Å²) in [5.74, 6) is -1.81. The number of nitrogens with one attached hydrogen (secondary N) is 2. The number of alkyl carbamates (subject to hydrolysis) is 1. The summed E-state index contributed by atoms with van der Waals surface area (Å²) in [6.45, 7) is 0.114. The van der Waals surface area contributed by atoms with E-state index in [1.807, 2.05) is 36.4 Å². The van der Waals surface area contributed by atoms with E-state index in [0.717, 1.165) is 22.3 Å². The van der Waals surface area contributed by atoms with Crippen LogP contribution in [0.3, 0.4) is 0 Å². The maximum Gasteiger partial charge on any atom is 0.407 e. The van der Waals surface area contributed by atoms with E-state index in [1.54, 1.807) is 19.0 Å². The van der Waals surface area contributed by atoms with Gasteiger partial charge < -0.3 is 30.1 Å². The van der Waals surface area contributed by atoms with Gasteiger partial charge in [-0.25, -0.2) is 9.59 Å². The number of likely N-dealkylation sites (N-methyl/N-ethyl adjacent to an activating group) is 1. The molecule has 2 aromatic carbocycles. The van der Waals surface area contributed by atoms with Crippen molar-refractivity contribution in [2.45, 2.75) is 18.1 Å². The molecule has 3 N–H and O–H groups in total. The molecular formula is C24H29N3O6. The smallest absolute Gasteiger partial charge is 0.407 e. The topological polar surface area (TPSA) is 117 Å². The van der Waals surface area contributed by atoms with Crippen LogP contribution in [0.15, 0.2) is 48.5 Å². The Morgan fingerprint density at radius 3 is 2.12 bits per heavy atom. The fraction of sp³-hybridized carbons (Fsp3) is 0.375. The molecule has 0 heterocycles. The molecule has 3 rings (SSSR count). The molecule has 0 spiro atoms. The second-order valence-electron chi connectivity index (χ2n) is 8.09. The molecule has 2 unspecified atom stereocenters. The van der Waals surface area contributed by atoms with E-state index in [1.165, 1.54) is 7.11 Å². The van der Waals surface area contributed by atoms with Crippen molar-refractivity contribution in [1.82, 2.24) is 15.5 Å². The molecule has 1 aliphatic rings. The van der Waals surface area contributed by atoms with Crippen LogP contribution in [0.2, 0.25) is 0 Å². The van der Waals surface area contributed by atoms with Crippen LogP contribution >= 0.6 is 0 Å². The lowest BCUT2D eigenvalue weighted by molar-refractivity contribution is -0.148. The number of ether oxygens (including phenoxy) is 2. The van der Waals surface area contributed by atoms with Crippen LogP contribution in [0.1, 0.15) is 17.0 Å². The van der Waals surface area contributed by atoms with Gasteiger partial charge in [0.1, 0.15) is 12.6 Å². The van der Waals surface area contributed by atoms with E-state index in [4.69, 9.17) is 14.6 Å². The lowest BCUT2D eigenvalue weighted by Crippen LogP contribution is -2.53. The molecule has 9 nitrogen and oxygen atoms in total. The molecule has 0 aliphatic heterocycles. The van der Waals surface area contributed by atoms with Gasteiger partial charge in [0.2, 0.25) is 5.91 Å². The highest BCUT2D eigenvalue weighted by Crippen LogP contribution is 2.44. The van der Waals surface area contributed by atoms with E-state index in [-0.39, 0.29) is 25.6 Å². The molecule has 0 bridgehead atoms. The molecule has 9 heteroatoms. The van der Waals surface area contributed by atoms with Crippen LogP contribution in [0.5, 0.6) is 0 Å². The number of carbonyl (C=O) groups is 3. The van der Waals surface area contributed by atoms with Crippen molar-refractivity contribution in [3.63, 3.8) is 0 Å². The van der Waals surface area contributed by atoms with Gasteiger partial charge in [0.25, 0.3) is 0 Å². The molecule has 0 radical (unpaired) electrons. The Morgan fingerprint density at radius 2 is 1.61 bits per heavy atom. The summed E-state index contributed by atoms with van der Waals surface area (Å²) in [6.07, 6.45) is -1.90. The Kier molecular flexibility index (Phi) is 8.02. The third kappa shape index (κ3) is 5.88. The quantitative estimate of drug-likeness (QED) is 0.499. The van der Waals surface area contributed by atoms with Crippen LogP contribution < -0.4 is 10.6 Å². The zero-order valence-corrected chi connectivity index (χ0v) is 18.9. The maximum atomic E-state index is 12.6. The number of carboxylic acids is 1. The largest absolute Gasteiger partial charge is 0.479 e. The normalized spacial score (nSPS) is 14.2. The van der Waals surface area contributed by atoms with Gasteiger partial charge in [0, 0.05) is 19.6 Å². The minimum atomic E-state index is -1.19. The Morgan fingerprint density at radius 1 is 1.03 bits per heavy atom. The summed E-state index contributed by atoms with van der Waals surface area (Å²) >= 11 is 0. The maximum absolute atomic E-state index is 12.6. The number of carboxylic acid groups (broad SMARTS) is 1. The highest BCUT2D eigenvalue weighted by atomic mass is 16.5. The first-order valence-electron chi connectivity index (χ1n) is 10.6. The van der Waals surface area contributed by atoms with Crippen molar-refractivity contribution in [3.05, 3.63) is 59.7 Å². The van der Waals surface area contributed by atoms with E-state index in [9.17, 15) is 14.4 Å². The van der Waals surface area contributed by atoms with Crippen LogP contribution in [-0.2, 0) is 19.1 Å². The molecule has 33 heavy (non-hydrogen) atoms. The fourth-order valence-electron chi connectivity index (χ4n) is 3.93. The number of methoxy groups -OCH3 is 1. The first-order chi connectivity index (χ1) is 15.8. The lowest BCUT2D eigenvalue weighted by atomic mass is 9.98. The SMILES string of the molecule is COC(CNC(=O)C(CN(C)C)NC(=O)OCC1c2ccccc2-c2ccccc21)C(=O)O. The van der Waals surface area contributed by atoms with Gasteiger partial charge in [-0.1, -0.05) is 48.5 Å². The van der Waals surface area contributed by atoms with Gasteiger partial charge in [-0.15, -0.1) is 0 Å². The van der Waals surface area contributed by atoms with E-state index >= 15 is 0 Å². The highest BCUT2D eigenvalue weighted by Gasteiger charge is 2.30. The van der Waals surface area contributed by atoms with Gasteiger partial charge in [0.05, 0.1) is 6.54 Å². The van der Waals surface area contributed by atoms with Crippen molar-refractivity contribution in [3.8, 4) is 11.1 Å². The molecule has 176 valence electrons. The molecule has 0 aromatic heterocycles. The average Bonchev–Trinajstić information content (AvgIpc) is 3.11. The molecule has 0 saturated heterocycles. The Balaban J connectivity index is 1.63. The number of amides is 2. The zero-order chi connectivity index (χ0) is 24.0. The average molecular weight is 456 g/mol. The van der Waals surface area contributed by atoms with E-state index in [0.29, 0.717) is 0 Å². The van der Waals surface area contributed by atoms with Gasteiger partial charge in [-0.2, -0.15) is 0 Å². The van der Waals surface area contributed by atoms with Crippen molar-refractivity contribution in [2.75, 3.05) is 40.9 Å². The molecule has 2 amide bonds. The summed E-state index contributed by atoms with van der Waals surface area (Å²) in [4.78, 5) is 38.0. The second kappa shape index (κ2) is 10.9. The van der Waals surface area contributed by atoms with E-state index in [2.05, 4.69) is 22.8 Å². The predicted molar refractivity (Wildman–Crippen MR) is 122 cm³/mol. The Bertz CT molecular complexity index is 964. The van der Waals surface area contributed by atoms with Crippen LogP contribution in [0, 0.1) is 0 Å². The Labute approximate surface area is 192 Å². The number of aliphatic carboxylic acids is 1. The second-order valence-corrected chi connectivity index (χ2v) is 8.09. The first-order valence-corrected chi connectivity index (χ1v) is 10.6. The number of carbonyl (C=O) groups excluding carboxylic acids is 2. The number of rotatable bonds is 10. The summed E-state index contributed by atoms with van der Waals surface area (Å²) in [5, 5.41) is 14.1. The van der Waals surface area contributed by atoms with Crippen LogP contribution in [0.4, 0.5) is 4.79 Å². The number of fused-ring (bicyclic) bond motifs is 3. The summed E-state index contributed by atoms with van der Waals surface area (Å²) < 4.78 is 10.3. The van der Waals surface area contributed by atoms with Gasteiger partial charge >= 0.3 is 12.1 Å². The third-order valence-corrected chi connectivity index (χ3v) is 5.52. The number of nitrogens with zero attached hydrogens (tertiary/aromatic N) is 1.